The van der Waals surface area contributed by atoms with Crippen LogP contribution in [-0.2, 0) is 23.1 Å². The Bertz CT molecular complexity index is 653. The quantitative estimate of drug-likeness (QED) is 0.883. The van der Waals surface area contributed by atoms with Crippen LogP contribution < -0.4 is 5.73 Å². The zero-order valence-electron chi connectivity index (χ0n) is 11.2. The van der Waals surface area contributed by atoms with Crippen molar-refractivity contribution in [2.24, 2.45) is 5.73 Å². The Morgan fingerprint density at radius 2 is 2.05 bits per heavy atom. The highest BCUT2D eigenvalue weighted by Crippen LogP contribution is 2.23. The lowest BCUT2D eigenvalue weighted by atomic mass is 10.3. The summed E-state index contributed by atoms with van der Waals surface area (Å²) in [6.07, 6.45) is 3.32. The Morgan fingerprint density at radius 3 is 2.60 bits per heavy atom. The summed E-state index contributed by atoms with van der Waals surface area (Å²) in [5.41, 5.74) is 6.45. The van der Waals surface area contributed by atoms with Crippen LogP contribution >= 0.6 is 11.3 Å². The minimum absolute atomic E-state index is 0.318. The molecule has 0 aromatic carbocycles. The topological polar surface area (TPSA) is 76.3 Å². The van der Waals surface area contributed by atoms with Gasteiger partial charge in [-0.15, -0.1) is 11.3 Å². The molecule has 108 valence electrons. The van der Waals surface area contributed by atoms with E-state index in [1.807, 2.05) is 19.1 Å². The van der Waals surface area contributed by atoms with E-state index in [0.29, 0.717) is 24.5 Å². The van der Waals surface area contributed by atoms with Gasteiger partial charge in [0.25, 0.3) is 0 Å². The van der Waals surface area contributed by atoms with Crippen molar-refractivity contribution in [3.8, 4) is 0 Å². The molecule has 2 aromatic heterocycles. The molecule has 2 heterocycles. The first-order valence-corrected chi connectivity index (χ1v) is 8.56. The van der Waals surface area contributed by atoms with Gasteiger partial charge in [-0.1, -0.05) is 6.92 Å². The highest BCUT2D eigenvalue weighted by molar-refractivity contribution is 7.89. The lowest BCUT2D eigenvalue weighted by Crippen LogP contribution is -2.30. The van der Waals surface area contributed by atoms with E-state index in [0.717, 1.165) is 10.4 Å². The monoisotopic (exact) mass is 311 g/mol. The first-order chi connectivity index (χ1) is 9.57. The van der Waals surface area contributed by atoms with Crippen LogP contribution in [0.1, 0.15) is 17.4 Å². The molecular weight excluding hydrogens is 294 g/mol. The number of thiophene rings is 1. The van der Waals surface area contributed by atoms with Crippen LogP contribution in [0.4, 0.5) is 0 Å². The molecule has 5 nitrogen and oxygen atoms in total. The summed E-state index contributed by atoms with van der Waals surface area (Å²) in [6.45, 7) is 2.94. The van der Waals surface area contributed by atoms with E-state index in [1.54, 1.807) is 23.8 Å². The van der Waals surface area contributed by atoms with E-state index in [2.05, 4.69) is 4.98 Å². The Morgan fingerprint density at radius 1 is 1.35 bits per heavy atom. The second kappa shape index (κ2) is 6.45. The number of hydrogen-bond donors (Lipinski definition) is 1. The molecular formula is C13H17N3O2S2. The van der Waals surface area contributed by atoms with Gasteiger partial charge in [-0.05, 0) is 23.8 Å². The molecule has 0 amide bonds. The van der Waals surface area contributed by atoms with Crippen LogP contribution in [0.25, 0.3) is 0 Å². The molecule has 7 heteroatoms. The molecule has 2 N–H and O–H groups in total. The molecule has 0 fully saturated rings. The normalized spacial score (nSPS) is 11.9. The molecule has 0 radical (unpaired) electrons. The van der Waals surface area contributed by atoms with Crippen LogP contribution in [-0.4, -0.2) is 24.3 Å². The second-order valence-corrected chi connectivity index (χ2v) is 7.17. The molecule has 0 spiro atoms. The third kappa shape index (κ3) is 3.24. The summed E-state index contributed by atoms with van der Waals surface area (Å²) in [5, 5.41) is 1.65. The summed E-state index contributed by atoms with van der Waals surface area (Å²) in [7, 11) is -3.47. The van der Waals surface area contributed by atoms with Crippen molar-refractivity contribution in [2.75, 3.05) is 6.54 Å². The zero-order chi connectivity index (χ0) is 14.6. The van der Waals surface area contributed by atoms with Gasteiger partial charge in [0.1, 0.15) is 0 Å². The van der Waals surface area contributed by atoms with Crippen LogP contribution in [0, 0.1) is 0 Å². The standard InChI is InChI=1S/C13H17N3O2S2/c1-2-16(9-11-3-5-15-6-4-11)20(17,18)13-7-12(8-14)19-10-13/h3-7,10H,2,8-9,14H2,1H3. The maximum Gasteiger partial charge on any atom is 0.244 e. The van der Waals surface area contributed by atoms with Gasteiger partial charge in [-0.2, -0.15) is 4.31 Å². The van der Waals surface area contributed by atoms with Crippen LogP contribution in [0.3, 0.4) is 0 Å². The predicted octanol–water partition coefficient (Wildman–Crippen LogP) is 1.81. The van der Waals surface area contributed by atoms with Crippen molar-refractivity contribution in [1.82, 2.24) is 9.29 Å². The predicted molar refractivity (Wildman–Crippen MR) is 79.7 cm³/mol. The fourth-order valence-electron chi connectivity index (χ4n) is 1.81. The zero-order valence-corrected chi connectivity index (χ0v) is 12.8. The first-order valence-electron chi connectivity index (χ1n) is 6.24. The number of pyridine rings is 1. The minimum Gasteiger partial charge on any atom is -0.326 e. The maximum absolute atomic E-state index is 12.6. The Balaban J connectivity index is 2.25. The average Bonchev–Trinajstić information content (AvgIpc) is 2.95. The van der Waals surface area contributed by atoms with Crippen molar-refractivity contribution >= 4 is 21.4 Å². The Kier molecular flexibility index (Phi) is 4.87. The van der Waals surface area contributed by atoms with E-state index in [-0.39, 0.29) is 0 Å². The number of aromatic nitrogens is 1. The third-order valence-corrected chi connectivity index (χ3v) is 5.94. The lowest BCUT2D eigenvalue weighted by Gasteiger charge is -2.19. The van der Waals surface area contributed by atoms with Gasteiger partial charge in [0.05, 0.1) is 4.90 Å². The fourth-order valence-corrected chi connectivity index (χ4v) is 4.39. The molecule has 2 rings (SSSR count). The van der Waals surface area contributed by atoms with Gasteiger partial charge in [-0.25, -0.2) is 8.42 Å². The van der Waals surface area contributed by atoms with Crippen LogP contribution in [0.15, 0.2) is 40.9 Å². The third-order valence-electron chi connectivity index (χ3n) is 2.93. The summed E-state index contributed by atoms with van der Waals surface area (Å²) in [6, 6.07) is 5.28. The van der Waals surface area contributed by atoms with E-state index < -0.39 is 10.0 Å². The van der Waals surface area contributed by atoms with Crippen molar-refractivity contribution in [1.29, 1.82) is 0 Å². The average molecular weight is 311 g/mol. The van der Waals surface area contributed by atoms with Gasteiger partial charge in [0.15, 0.2) is 0 Å². The number of sulfonamides is 1. The second-order valence-electron chi connectivity index (χ2n) is 4.24. The molecule has 20 heavy (non-hydrogen) atoms. The van der Waals surface area contributed by atoms with Gasteiger partial charge < -0.3 is 5.73 Å². The van der Waals surface area contributed by atoms with E-state index in [9.17, 15) is 8.42 Å². The maximum atomic E-state index is 12.6. The van der Waals surface area contributed by atoms with Crippen LogP contribution in [0.5, 0.6) is 0 Å². The summed E-state index contributed by atoms with van der Waals surface area (Å²) < 4.78 is 26.6. The van der Waals surface area contributed by atoms with E-state index in [4.69, 9.17) is 5.73 Å². The molecule has 0 bridgehead atoms. The Labute approximate surface area is 123 Å². The van der Waals surface area contributed by atoms with Crippen LogP contribution in [0.2, 0.25) is 0 Å². The van der Waals surface area contributed by atoms with Gasteiger partial charge in [0, 0.05) is 42.3 Å². The first kappa shape index (κ1) is 15.1. The summed E-state index contributed by atoms with van der Waals surface area (Å²) >= 11 is 1.37. The number of nitrogens with two attached hydrogens (primary N) is 1. The molecule has 0 aliphatic rings. The molecule has 0 saturated heterocycles. The molecule has 0 saturated carbocycles. The number of hydrogen-bond acceptors (Lipinski definition) is 5. The number of nitrogens with zero attached hydrogens (tertiary/aromatic N) is 2. The molecule has 0 aliphatic heterocycles. The van der Waals surface area contributed by atoms with E-state index >= 15 is 0 Å². The fraction of sp³-hybridized carbons (Fsp3) is 0.308. The van der Waals surface area contributed by atoms with Gasteiger partial charge >= 0.3 is 0 Å². The largest absolute Gasteiger partial charge is 0.326 e. The van der Waals surface area contributed by atoms with Crippen molar-refractivity contribution in [3.63, 3.8) is 0 Å². The lowest BCUT2D eigenvalue weighted by molar-refractivity contribution is 0.423. The summed E-state index contributed by atoms with van der Waals surface area (Å²) in [4.78, 5) is 5.12. The molecule has 0 atom stereocenters. The highest BCUT2D eigenvalue weighted by atomic mass is 32.2. The summed E-state index contributed by atoms with van der Waals surface area (Å²) in [5.74, 6) is 0. The van der Waals surface area contributed by atoms with Crippen molar-refractivity contribution in [2.45, 2.75) is 24.9 Å². The highest BCUT2D eigenvalue weighted by Gasteiger charge is 2.24. The SMILES string of the molecule is CCN(Cc1ccncc1)S(=O)(=O)c1csc(CN)c1. The van der Waals surface area contributed by atoms with Crippen molar-refractivity contribution < 1.29 is 8.42 Å². The smallest absolute Gasteiger partial charge is 0.244 e. The minimum atomic E-state index is -3.47. The van der Waals surface area contributed by atoms with Crippen molar-refractivity contribution in [3.05, 3.63) is 46.4 Å². The molecule has 2 aromatic rings. The molecule has 0 aliphatic carbocycles. The number of rotatable bonds is 6. The molecule has 0 unspecified atom stereocenters. The van der Waals surface area contributed by atoms with E-state index in [1.165, 1.54) is 15.6 Å². The Hall–Kier alpha value is -1.28. The van der Waals surface area contributed by atoms with Gasteiger partial charge in [-0.3, -0.25) is 4.98 Å². The van der Waals surface area contributed by atoms with Gasteiger partial charge in [0.2, 0.25) is 10.0 Å².